The van der Waals surface area contributed by atoms with Crippen molar-refractivity contribution in [3.63, 3.8) is 0 Å². The van der Waals surface area contributed by atoms with E-state index in [0.29, 0.717) is 22.2 Å². The third kappa shape index (κ3) is 2.66. The SMILES string of the molecule is Cc1cc(Cl)c(NCC2CCNC2)cc1F. The summed E-state index contributed by atoms with van der Waals surface area (Å²) >= 11 is 6.04. The standard InChI is InChI=1S/C12H16ClFN2/c1-8-4-10(13)12(5-11(8)14)16-7-9-2-3-15-6-9/h4-5,9,15-16H,2-3,6-7H2,1H3. The summed E-state index contributed by atoms with van der Waals surface area (Å²) < 4.78 is 13.3. The van der Waals surface area contributed by atoms with Gasteiger partial charge in [-0.05, 0) is 50.0 Å². The van der Waals surface area contributed by atoms with Gasteiger partial charge in [0.05, 0.1) is 10.7 Å². The number of hydrogen-bond donors (Lipinski definition) is 2. The molecule has 0 amide bonds. The molecule has 1 atom stereocenters. The smallest absolute Gasteiger partial charge is 0.128 e. The molecule has 1 aromatic carbocycles. The van der Waals surface area contributed by atoms with Crippen LogP contribution in [0.1, 0.15) is 12.0 Å². The summed E-state index contributed by atoms with van der Waals surface area (Å²) in [6.07, 6.45) is 1.17. The van der Waals surface area contributed by atoms with Crippen LogP contribution in [-0.2, 0) is 0 Å². The molecule has 2 nitrogen and oxygen atoms in total. The summed E-state index contributed by atoms with van der Waals surface area (Å²) in [5.74, 6) is 0.400. The molecule has 88 valence electrons. The van der Waals surface area contributed by atoms with Crippen molar-refractivity contribution in [2.24, 2.45) is 5.92 Å². The maximum Gasteiger partial charge on any atom is 0.128 e. The largest absolute Gasteiger partial charge is 0.383 e. The highest BCUT2D eigenvalue weighted by Gasteiger charge is 2.14. The summed E-state index contributed by atoms with van der Waals surface area (Å²) in [4.78, 5) is 0. The highest BCUT2D eigenvalue weighted by molar-refractivity contribution is 6.33. The molecule has 0 bridgehead atoms. The Kier molecular flexibility index (Phi) is 3.66. The van der Waals surface area contributed by atoms with Gasteiger partial charge in [-0.15, -0.1) is 0 Å². The van der Waals surface area contributed by atoms with Crippen molar-refractivity contribution in [3.8, 4) is 0 Å². The van der Waals surface area contributed by atoms with Gasteiger partial charge in [0.1, 0.15) is 5.82 Å². The molecule has 0 saturated carbocycles. The van der Waals surface area contributed by atoms with E-state index in [0.717, 1.165) is 19.6 Å². The summed E-state index contributed by atoms with van der Waals surface area (Å²) in [7, 11) is 0. The molecule has 1 aromatic rings. The molecule has 4 heteroatoms. The fourth-order valence-corrected chi connectivity index (χ4v) is 2.21. The predicted octanol–water partition coefficient (Wildman–Crippen LogP) is 2.81. The first-order chi connectivity index (χ1) is 7.66. The van der Waals surface area contributed by atoms with Crippen molar-refractivity contribution in [1.82, 2.24) is 5.32 Å². The Morgan fingerprint density at radius 2 is 2.38 bits per heavy atom. The van der Waals surface area contributed by atoms with E-state index in [1.807, 2.05) is 0 Å². The van der Waals surface area contributed by atoms with E-state index in [9.17, 15) is 4.39 Å². The number of aryl methyl sites for hydroxylation is 1. The van der Waals surface area contributed by atoms with Gasteiger partial charge in [-0.3, -0.25) is 0 Å². The molecular formula is C12H16ClFN2. The molecule has 1 fully saturated rings. The zero-order valence-electron chi connectivity index (χ0n) is 9.32. The Balaban J connectivity index is 2.00. The van der Waals surface area contributed by atoms with E-state index in [1.165, 1.54) is 12.5 Å². The van der Waals surface area contributed by atoms with E-state index in [-0.39, 0.29) is 5.82 Å². The molecule has 1 heterocycles. The van der Waals surface area contributed by atoms with Crippen LogP contribution in [-0.4, -0.2) is 19.6 Å². The second kappa shape index (κ2) is 5.02. The van der Waals surface area contributed by atoms with E-state index in [4.69, 9.17) is 11.6 Å². The van der Waals surface area contributed by atoms with Crippen molar-refractivity contribution in [3.05, 3.63) is 28.5 Å². The molecule has 2 rings (SSSR count). The lowest BCUT2D eigenvalue weighted by atomic mass is 10.1. The van der Waals surface area contributed by atoms with E-state index < -0.39 is 0 Å². The average molecular weight is 243 g/mol. The van der Waals surface area contributed by atoms with E-state index in [1.54, 1.807) is 13.0 Å². The topological polar surface area (TPSA) is 24.1 Å². The van der Waals surface area contributed by atoms with Crippen LogP contribution in [0.3, 0.4) is 0 Å². The lowest BCUT2D eigenvalue weighted by Crippen LogP contribution is -2.17. The maximum absolute atomic E-state index is 13.3. The van der Waals surface area contributed by atoms with Crippen LogP contribution in [0, 0.1) is 18.7 Å². The van der Waals surface area contributed by atoms with Crippen molar-refractivity contribution in [1.29, 1.82) is 0 Å². The Morgan fingerprint density at radius 3 is 3.06 bits per heavy atom. The normalized spacial score (nSPS) is 20.1. The third-order valence-corrected chi connectivity index (χ3v) is 3.30. The molecule has 1 aliphatic heterocycles. The second-order valence-electron chi connectivity index (χ2n) is 4.32. The molecule has 1 unspecified atom stereocenters. The molecule has 0 aliphatic carbocycles. The second-order valence-corrected chi connectivity index (χ2v) is 4.73. The number of rotatable bonds is 3. The quantitative estimate of drug-likeness (QED) is 0.852. The average Bonchev–Trinajstić information content (AvgIpc) is 2.74. The van der Waals surface area contributed by atoms with Crippen molar-refractivity contribution >= 4 is 17.3 Å². The lowest BCUT2D eigenvalue weighted by Gasteiger charge is -2.13. The van der Waals surface area contributed by atoms with Gasteiger partial charge in [-0.2, -0.15) is 0 Å². The first-order valence-corrected chi connectivity index (χ1v) is 5.95. The number of anilines is 1. The number of nitrogens with one attached hydrogen (secondary N) is 2. The highest BCUT2D eigenvalue weighted by atomic mass is 35.5. The minimum atomic E-state index is -0.212. The third-order valence-electron chi connectivity index (χ3n) is 2.99. The van der Waals surface area contributed by atoms with Gasteiger partial charge in [0.2, 0.25) is 0 Å². The Bertz CT molecular complexity index is 376. The maximum atomic E-state index is 13.3. The van der Waals surface area contributed by atoms with Crippen LogP contribution in [0.25, 0.3) is 0 Å². The summed E-state index contributed by atoms with van der Waals surface area (Å²) in [6, 6.07) is 3.13. The fraction of sp³-hybridized carbons (Fsp3) is 0.500. The molecule has 0 aromatic heterocycles. The highest BCUT2D eigenvalue weighted by Crippen LogP contribution is 2.25. The summed E-state index contributed by atoms with van der Waals surface area (Å²) in [5.41, 5.74) is 1.27. The Morgan fingerprint density at radius 1 is 1.56 bits per heavy atom. The number of benzene rings is 1. The molecule has 0 radical (unpaired) electrons. The van der Waals surface area contributed by atoms with Gasteiger partial charge < -0.3 is 10.6 Å². The van der Waals surface area contributed by atoms with Gasteiger partial charge in [-0.1, -0.05) is 11.6 Å². The van der Waals surface area contributed by atoms with Crippen LogP contribution in [0.2, 0.25) is 5.02 Å². The van der Waals surface area contributed by atoms with Gasteiger partial charge in [-0.25, -0.2) is 4.39 Å². The van der Waals surface area contributed by atoms with Crippen LogP contribution in [0.5, 0.6) is 0 Å². The van der Waals surface area contributed by atoms with Crippen molar-refractivity contribution < 1.29 is 4.39 Å². The number of hydrogen-bond acceptors (Lipinski definition) is 2. The first-order valence-electron chi connectivity index (χ1n) is 5.57. The first kappa shape index (κ1) is 11.7. The minimum Gasteiger partial charge on any atom is -0.383 e. The molecule has 16 heavy (non-hydrogen) atoms. The number of halogens is 2. The molecule has 1 saturated heterocycles. The molecule has 2 N–H and O–H groups in total. The molecular weight excluding hydrogens is 227 g/mol. The fourth-order valence-electron chi connectivity index (χ4n) is 1.92. The summed E-state index contributed by atoms with van der Waals surface area (Å²) in [6.45, 7) is 4.66. The Hall–Kier alpha value is -0.800. The Labute approximate surface area is 100 Å². The zero-order valence-corrected chi connectivity index (χ0v) is 10.1. The van der Waals surface area contributed by atoms with E-state index in [2.05, 4.69) is 10.6 Å². The summed E-state index contributed by atoms with van der Waals surface area (Å²) in [5, 5.41) is 7.10. The van der Waals surface area contributed by atoms with Gasteiger partial charge in [0.25, 0.3) is 0 Å². The molecule has 1 aliphatic rings. The van der Waals surface area contributed by atoms with Gasteiger partial charge in [0, 0.05) is 6.54 Å². The van der Waals surface area contributed by atoms with Crippen molar-refractivity contribution in [2.45, 2.75) is 13.3 Å². The van der Waals surface area contributed by atoms with Crippen LogP contribution >= 0.6 is 11.6 Å². The molecule has 0 spiro atoms. The zero-order chi connectivity index (χ0) is 11.5. The minimum absolute atomic E-state index is 0.212. The van der Waals surface area contributed by atoms with Crippen molar-refractivity contribution in [2.75, 3.05) is 25.0 Å². The van der Waals surface area contributed by atoms with Gasteiger partial charge >= 0.3 is 0 Å². The van der Waals surface area contributed by atoms with Gasteiger partial charge in [0.15, 0.2) is 0 Å². The predicted molar refractivity (Wildman–Crippen MR) is 65.6 cm³/mol. The monoisotopic (exact) mass is 242 g/mol. The van der Waals surface area contributed by atoms with Crippen LogP contribution in [0.15, 0.2) is 12.1 Å². The van der Waals surface area contributed by atoms with Crippen LogP contribution < -0.4 is 10.6 Å². The van der Waals surface area contributed by atoms with E-state index >= 15 is 0 Å². The lowest BCUT2D eigenvalue weighted by molar-refractivity contribution is 0.609. The van der Waals surface area contributed by atoms with Crippen LogP contribution in [0.4, 0.5) is 10.1 Å².